The average Bonchev–Trinajstić information content (AvgIpc) is 2.96. The molecule has 2 N–H and O–H groups in total. The molecule has 2 fully saturated rings. The van der Waals surface area contributed by atoms with Crippen LogP contribution in [0.4, 0.5) is 0 Å². The highest BCUT2D eigenvalue weighted by atomic mass is 35.5. The number of morpholine rings is 1. The molecule has 1 atom stereocenters. The second-order valence-electron chi connectivity index (χ2n) is 6.75. The fourth-order valence-corrected chi connectivity index (χ4v) is 3.69. The second kappa shape index (κ2) is 7.43. The molecule has 0 aliphatic carbocycles. The van der Waals surface area contributed by atoms with Gasteiger partial charge in [0.05, 0.1) is 31.7 Å². The maximum atomic E-state index is 6.10. The lowest BCUT2D eigenvalue weighted by Gasteiger charge is -2.41. The first-order chi connectivity index (χ1) is 12.2. The zero-order valence-corrected chi connectivity index (χ0v) is 14.9. The molecule has 7 heteroatoms. The van der Waals surface area contributed by atoms with Crippen molar-refractivity contribution in [1.29, 1.82) is 0 Å². The van der Waals surface area contributed by atoms with E-state index in [2.05, 4.69) is 20.4 Å². The number of aromatic nitrogens is 2. The van der Waals surface area contributed by atoms with Crippen LogP contribution in [0.25, 0.3) is 11.3 Å². The largest absolute Gasteiger partial charge is 0.377 e. The molecule has 0 unspecified atom stereocenters. The van der Waals surface area contributed by atoms with Gasteiger partial charge in [-0.05, 0) is 17.7 Å². The van der Waals surface area contributed by atoms with Gasteiger partial charge in [0.1, 0.15) is 5.60 Å². The summed E-state index contributed by atoms with van der Waals surface area (Å²) in [5, 5.41) is 11.5. The Hall–Kier alpha value is -1.44. The van der Waals surface area contributed by atoms with Crippen molar-refractivity contribution in [2.24, 2.45) is 0 Å². The van der Waals surface area contributed by atoms with Crippen molar-refractivity contribution >= 4 is 11.6 Å². The van der Waals surface area contributed by atoms with Gasteiger partial charge in [0.25, 0.3) is 0 Å². The van der Waals surface area contributed by atoms with E-state index in [9.17, 15) is 0 Å². The standard InChI is InChI=1S/C18H23ClN4O2/c19-16-3-1-14(2-4-16)17-15(9-21-22-17)10-23-6-8-25-18(12-23)11-20-5-7-24-13-18/h1-4,9,20H,5-8,10-13H2,(H,21,22)/t18-/m0/s1. The van der Waals surface area contributed by atoms with Crippen molar-refractivity contribution in [2.75, 3.05) is 46.0 Å². The molecule has 2 saturated heterocycles. The minimum absolute atomic E-state index is 0.251. The smallest absolute Gasteiger partial charge is 0.116 e. The number of rotatable bonds is 3. The number of halogens is 1. The molecule has 3 heterocycles. The number of aromatic amines is 1. The van der Waals surface area contributed by atoms with Crippen LogP contribution in [-0.4, -0.2) is 66.7 Å². The molecule has 1 aromatic heterocycles. The lowest BCUT2D eigenvalue weighted by atomic mass is 10.0. The minimum atomic E-state index is -0.251. The molecule has 25 heavy (non-hydrogen) atoms. The van der Waals surface area contributed by atoms with Crippen LogP contribution < -0.4 is 5.32 Å². The van der Waals surface area contributed by atoms with Crippen LogP contribution in [0, 0.1) is 0 Å². The summed E-state index contributed by atoms with van der Waals surface area (Å²) in [7, 11) is 0. The molecule has 6 nitrogen and oxygen atoms in total. The van der Waals surface area contributed by atoms with Crippen LogP contribution in [0.1, 0.15) is 5.56 Å². The Morgan fingerprint density at radius 2 is 2.12 bits per heavy atom. The van der Waals surface area contributed by atoms with Gasteiger partial charge in [-0.1, -0.05) is 23.7 Å². The SMILES string of the molecule is Clc1ccc(-c2[nH]ncc2CN2CCO[C@@]3(CNCCOC3)C2)cc1. The molecule has 2 aliphatic heterocycles. The lowest BCUT2D eigenvalue weighted by Crippen LogP contribution is -2.57. The Bertz CT molecular complexity index is 695. The van der Waals surface area contributed by atoms with E-state index in [0.29, 0.717) is 6.61 Å². The molecule has 4 rings (SSSR count). The van der Waals surface area contributed by atoms with Crippen LogP contribution in [0.2, 0.25) is 5.02 Å². The van der Waals surface area contributed by atoms with Crippen molar-refractivity contribution in [2.45, 2.75) is 12.1 Å². The van der Waals surface area contributed by atoms with Crippen LogP contribution >= 0.6 is 11.6 Å². The second-order valence-corrected chi connectivity index (χ2v) is 7.19. The molecule has 1 spiro atoms. The van der Waals surface area contributed by atoms with E-state index in [1.54, 1.807) is 0 Å². The van der Waals surface area contributed by atoms with Crippen LogP contribution in [0.5, 0.6) is 0 Å². The molecule has 0 radical (unpaired) electrons. The summed E-state index contributed by atoms with van der Waals surface area (Å²) in [4.78, 5) is 2.42. The lowest BCUT2D eigenvalue weighted by molar-refractivity contribution is -0.135. The van der Waals surface area contributed by atoms with Gasteiger partial charge in [-0.2, -0.15) is 5.10 Å². The molecular weight excluding hydrogens is 340 g/mol. The first-order valence-electron chi connectivity index (χ1n) is 8.67. The minimum Gasteiger partial charge on any atom is -0.377 e. The Kier molecular flexibility index (Phi) is 5.05. The van der Waals surface area contributed by atoms with E-state index in [4.69, 9.17) is 21.1 Å². The third-order valence-corrected chi connectivity index (χ3v) is 5.06. The van der Waals surface area contributed by atoms with Gasteiger partial charge in [0.15, 0.2) is 0 Å². The molecule has 0 amide bonds. The highest BCUT2D eigenvalue weighted by Gasteiger charge is 2.38. The van der Waals surface area contributed by atoms with E-state index in [0.717, 1.165) is 62.2 Å². The summed E-state index contributed by atoms with van der Waals surface area (Å²) in [5.41, 5.74) is 3.08. The fraction of sp³-hybridized carbons (Fsp3) is 0.500. The highest BCUT2D eigenvalue weighted by molar-refractivity contribution is 6.30. The summed E-state index contributed by atoms with van der Waals surface area (Å²) in [6, 6.07) is 7.84. The van der Waals surface area contributed by atoms with Crippen molar-refractivity contribution in [1.82, 2.24) is 20.4 Å². The molecular formula is C18H23ClN4O2. The maximum Gasteiger partial charge on any atom is 0.116 e. The number of benzene rings is 1. The van der Waals surface area contributed by atoms with Gasteiger partial charge in [0.2, 0.25) is 0 Å². The van der Waals surface area contributed by atoms with Crippen LogP contribution in [0.3, 0.4) is 0 Å². The van der Waals surface area contributed by atoms with Gasteiger partial charge >= 0.3 is 0 Å². The predicted molar refractivity (Wildman–Crippen MR) is 96.7 cm³/mol. The fourth-order valence-electron chi connectivity index (χ4n) is 3.56. The Balaban J connectivity index is 1.49. The molecule has 0 saturated carbocycles. The highest BCUT2D eigenvalue weighted by Crippen LogP contribution is 2.26. The van der Waals surface area contributed by atoms with Gasteiger partial charge in [0, 0.05) is 43.3 Å². The number of H-pyrrole nitrogens is 1. The Morgan fingerprint density at radius 3 is 3.00 bits per heavy atom. The summed E-state index contributed by atoms with van der Waals surface area (Å²) in [5.74, 6) is 0. The molecule has 0 bridgehead atoms. The zero-order valence-electron chi connectivity index (χ0n) is 14.1. The number of nitrogens with zero attached hydrogens (tertiary/aromatic N) is 2. The summed E-state index contributed by atoms with van der Waals surface area (Å²) >= 11 is 6.00. The third-order valence-electron chi connectivity index (χ3n) is 4.81. The van der Waals surface area contributed by atoms with Crippen molar-refractivity contribution in [3.63, 3.8) is 0 Å². The Labute approximate surface area is 152 Å². The van der Waals surface area contributed by atoms with Gasteiger partial charge in [-0.25, -0.2) is 0 Å². The summed E-state index contributed by atoms with van der Waals surface area (Å²) in [6.45, 7) is 6.42. The van der Waals surface area contributed by atoms with E-state index in [1.807, 2.05) is 30.5 Å². The summed E-state index contributed by atoms with van der Waals surface area (Å²) < 4.78 is 11.8. The Morgan fingerprint density at radius 1 is 1.24 bits per heavy atom. The maximum absolute atomic E-state index is 6.10. The number of ether oxygens (including phenoxy) is 2. The molecule has 2 aromatic rings. The first-order valence-corrected chi connectivity index (χ1v) is 9.05. The number of hydrogen-bond acceptors (Lipinski definition) is 5. The van der Waals surface area contributed by atoms with Gasteiger partial charge in [-0.15, -0.1) is 0 Å². The van der Waals surface area contributed by atoms with E-state index < -0.39 is 0 Å². The van der Waals surface area contributed by atoms with Gasteiger partial charge in [-0.3, -0.25) is 10.00 Å². The topological polar surface area (TPSA) is 62.4 Å². The van der Waals surface area contributed by atoms with Crippen molar-refractivity contribution < 1.29 is 9.47 Å². The quantitative estimate of drug-likeness (QED) is 0.873. The third kappa shape index (κ3) is 3.88. The summed E-state index contributed by atoms with van der Waals surface area (Å²) in [6.07, 6.45) is 1.91. The van der Waals surface area contributed by atoms with E-state index in [-0.39, 0.29) is 5.60 Å². The number of nitrogens with one attached hydrogen (secondary N) is 2. The van der Waals surface area contributed by atoms with E-state index >= 15 is 0 Å². The molecule has 2 aliphatic rings. The predicted octanol–water partition coefficient (Wildman–Crippen LogP) is 1.92. The molecule has 134 valence electrons. The molecule has 1 aromatic carbocycles. The van der Waals surface area contributed by atoms with Crippen molar-refractivity contribution in [3.05, 3.63) is 41.0 Å². The van der Waals surface area contributed by atoms with E-state index in [1.165, 1.54) is 5.56 Å². The monoisotopic (exact) mass is 362 g/mol. The average molecular weight is 363 g/mol. The van der Waals surface area contributed by atoms with Crippen LogP contribution in [0.15, 0.2) is 30.5 Å². The van der Waals surface area contributed by atoms with Crippen LogP contribution in [-0.2, 0) is 16.0 Å². The van der Waals surface area contributed by atoms with Gasteiger partial charge < -0.3 is 14.8 Å². The zero-order chi connectivity index (χ0) is 17.1. The number of hydrogen-bond donors (Lipinski definition) is 2. The normalized spacial score (nSPS) is 25.2. The first kappa shape index (κ1) is 17.0. The van der Waals surface area contributed by atoms with Crippen molar-refractivity contribution in [3.8, 4) is 11.3 Å².